The van der Waals surface area contributed by atoms with E-state index in [-0.39, 0.29) is 26.2 Å². The highest BCUT2D eigenvalue weighted by atomic mass is 32.2. The first kappa shape index (κ1) is 18.8. The molecule has 1 aromatic rings. The summed E-state index contributed by atoms with van der Waals surface area (Å²) in [6.07, 6.45) is 7.30. The number of sulfonamides is 2. The average Bonchev–Trinajstić information content (AvgIpc) is 2.62. The number of rotatable bonds is 4. The molecule has 8 heteroatoms. The van der Waals surface area contributed by atoms with Crippen LogP contribution in [-0.2, 0) is 20.0 Å². The molecular formula is C17H26N2O4S2. The Morgan fingerprint density at radius 1 is 0.800 bits per heavy atom. The van der Waals surface area contributed by atoms with Gasteiger partial charge >= 0.3 is 0 Å². The van der Waals surface area contributed by atoms with Crippen molar-refractivity contribution in [2.45, 2.75) is 42.9 Å². The van der Waals surface area contributed by atoms with Crippen molar-refractivity contribution in [1.29, 1.82) is 0 Å². The Kier molecular flexibility index (Phi) is 5.53. The van der Waals surface area contributed by atoms with E-state index in [9.17, 15) is 16.8 Å². The van der Waals surface area contributed by atoms with Crippen molar-refractivity contribution in [3.05, 3.63) is 29.8 Å². The highest BCUT2D eigenvalue weighted by Gasteiger charge is 2.31. The lowest BCUT2D eigenvalue weighted by Crippen LogP contribution is -2.50. The lowest BCUT2D eigenvalue weighted by molar-refractivity contribution is 0.274. The van der Waals surface area contributed by atoms with Crippen LogP contribution in [0.25, 0.3) is 0 Å². The van der Waals surface area contributed by atoms with E-state index in [4.69, 9.17) is 0 Å². The fourth-order valence-electron chi connectivity index (χ4n) is 3.74. The number of nitrogens with zero attached hydrogens (tertiary/aromatic N) is 2. The summed E-state index contributed by atoms with van der Waals surface area (Å²) in [6.45, 7) is 0.802. The van der Waals surface area contributed by atoms with Crippen molar-refractivity contribution < 1.29 is 16.8 Å². The highest BCUT2D eigenvalue weighted by Crippen LogP contribution is 2.33. The monoisotopic (exact) mass is 386 g/mol. The van der Waals surface area contributed by atoms with Crippen molar-refractivity contribution in [2.75, 3.05) is 32.4 Å². The predicted octanol–water partition coefficient (Wildman–Crippen LogP) is 2.00. The number of piperazine rings is 1. The van der Waals surface area contributed by atoms with Crippen LogP contribution in [0.1, 0.15) is 43.6 Å². The van der Waals surface area contributed by atoms with E-state index < -0.39 is 20.0 Å². The van der Waals surface area contributed by atoms with E-state index in [1.54, 1.807) is 12.1 Å². The van der Waals surface area contributed by atoms with Crippen molar-refractivity contribution >= 4 is 20.0 Å². The molecule has 25 heavy (non-hydrogen) atoms. The van der Waals surface area contributed by atoms with Gasteiger partial charge in [0.1, 0.15) is 0 Å². The second kappa shape index (κ2) is 7.34. The summed E-state index contributed by atoms with van der Waals surface area (Å²) in [5, 5.41) is 0. The van der Waals surface area contributed by atoms with Crippen molar-refractivity contribution in [1.82, 2.24) is 8.61 Å². The van der Waals surface area contributed by atoms with Gasteiger partial charge in [0.15, 0.2) is 0 Å². The highest BCUT2D eigenvalue weighted by molar-refractivity contribution is 7.89. The van der Waals surface area contributed by atoms with Gasteiger partial charge in [0, 0.05) is 26.2 Å². The molecule has 140 valence electrons. The molecule has 0 atom stereocenters. The summed E-state index contributed by atoms with van der Waals surface area (Å²) in [4.78, 5) is 0.292. The van der Waals surface area contributed by atoms with E-state index in [0.29, 0.717) is 10.8 Å². The van der Waals surface area contributed by atoms with Gasteiger partial charge in [-0.25, -0.2) is 16.8 Å². The van der Waals surface area contributed by atoms with Crippen LogP contribution in [-0.4, -0.2) is 57.9 Å². The minimum Gasteiger partial charge on any atom is -0.213 e. The second-order valence-electron chi connectivity index (χ2n) is 6.97. The molecule has 1 heterocycles. The predicted molar refractivity (Wildman–Crippen MR) is 97.4 cm³/mol. The fourth-order valence-corrected chi connectivity index (χ4v) is 5.99. The minimum atomic E-state index is -3.57. The Morgan fingerprint density at radius 3 is 1.84 bits per heavy atom. The van der Waals surface area contributed by atoms with Crippen molar-refractivity contribution in [3.8, 4) is 0 Å². The molecule has 1 saturated heterocycles. The number of hydrogen-bond donors (Lipinski definition) is 0. The Bertz CT molecular complexity index is 790. The minimum absolute atomic E-state index is 0.194. The first-order chi connectivity index (χ1) is 11.8. The summed E-state index contributed by atoms with van der Waals surface area (Å²) >= 11 is 0. The molecule has 1 aromatic carbocycles. The van der Waals surface area contributed by atoms with Gasteiger partial charge in [-0.3, -0.25) is 0 Å². The smallest absolute Gasteiger partial charge is 0.213 e. The fraction of sp³-hybridized carbons (Fsp3) is 0.647. The van der Waals surface area contributed by atoms with E-state index in [1.807, 2.05) is 12.1 Å². The maximum absolute atomic E-state index is 12.8. The van der Waals surface area contributed by atoms with Gasteiger partial charge in [-0.05, 0) is 36.5 Å². The molecule has 0 amide bonds. The SMILES string of the molecule is CS(=O)(=O)N1CCN(S(=O)(=O)c2ccc(C3CCCCC3)cc2)CC1. The van der Waals surface area contributed by atoms with Crippen LogP contribution < -0.4 is 0 Å². The number of hydrogen-bond acceptors (Lipinski definition) is 4. The molecular weight excluding hydrogens is 360 g/mol. The van der Waals surface area contributed by atoms with Crippen molar-refractivity contribution in [3.63, 3.8) is 0 Å². The molecule has 1 saturated carbocycles. The molecule has 2 fully saturated rings. The molecule has 3 rings (SSSR count). The molecule has 0 N–H and O–H groups in total. The van der Waals surface area contributed by atoms with E-state index in [1.165, 1.54) is 46.3 Å². The van der Waals surface area contributed by atoms with Crippen LogP contribution in [0.2, 0.25) is 0 Å². The quantitative estimate of drug-likeness (QED) is 0.793. The number of benzene rings is 1. The van der Waals surface area contributed by atoms with Gasteiger partial charge < -0.3 is 0 Å². The zero-order valence-electron chi connectivity index (χ0n) is 14.6. The summed E-state index contributed by atoms with van der Waals surface area (Å²) < 4.78 is 51.4. The maximum atomic E-state index is 12.8. The van der Waals surface area contributed by atoms with Crippen molar-refractivity contribution in [2.24, 2.45) is 0 Å². The van der Waals surface area contributed by atoms with Gasteiger partial charge in [-0.1, -0.05) is 31.4 Å². The van der Waals surface area contributed by atoms with Gasteiger partial charge in [-0.2, -0.15) is 8.61 Å². The molecule has 0 bridgehead atoms. The lowest BCUT2D eigenvalue weighted by Gasteiger charge is -2.32. The summed E-state index contributed by atoms with van der Waals surface area (Å²) in [5.41, 5.74) is 1.22. The Hall–Kier alpha value is -0.960. The average molecular weight is 387 g/mol. The maximum Gasteiger partial charge on any atom is 0.243 e. The first-order valence-electron chi connectivity index (χ1n) is 8.84. The summed E-state index contributed by atoms with van der Waals surface area (Å²) in [5.74, 6) is 0.545. The van der Waals surface area contributed by atoms with Crippen LogP contribution in [0.3, 0.4) is 0 Å². The first-order valence-corrected chi connectivity index (χ1v) is 12.1. The van der Waals surface area contributed by atoms with Crippen LogP contribution in [0.15, 0.2) is 29.2 Å². The molecule has 0 spiro atoms. The van der Waals surface area contributed by atoms with Crippen LogP contribution in [0.4, 0.5) is 0 Å². The second-order valence-corrected chi connectivity index (χ2v) is 10.9. The Balaban J connectivity index is 1.70. The van der Waals surface area contributed by atoms with Gasteiger partial charge in [0.25, 0.3) is 0 Å². The van der Waals surface area contributed by atoms with Gasteiger partial charge in [0.2, 0.25) is 20.0 Å². The largest absolute Gasteiger partial charge is 0.243 e. The van der Waals surface area contributed by atoms with E-state index >= 15 is 0 Å². The third kappa shape index (κ3) is 4.24. The summed E-state index contributed by atoms with van der Waals surface area (Å²) in [7, 11) is -6.83. The molecule has 0 aromatic heterocycles. The van der Waals surface area contributed by atoms with Crippen LogP contribution >= 0.6 is 0 Å². The van der Waals surface area contributed by atoms with Gasteiger partial charge in [0.05, 0.1) is 11.2 Å². The standard InChI is InChI=1S/C17H26N2O4S2/c1-24(20,21)18-11-13-19(14-12-18)25(22,23)17-9-7-16(8-10-17)15-5-3-2-4-6-15/h7-10,15H,2-6,11-14H2,1H3. The third-order valence-electron chi connectivity index (χ3n) is 5.26. The topological polar surface area (TPSA) is 74.8 Å². The Morgan fingerprint density at radius 2 is 1.32 bits per heavy atom. The van der Waals surface area contributed by atoms with E-state index in [2.05, 4.69) is 0 Å². The zero-order valence-corrected chi connectivity index (χ0v) is 16.2. The Labute approximate surface area is 150 Å². The lowest BCUT2D eigenvalue weighted by atomic mass is 9.84. The molecule has 1 aliphatic heterocycles. The van der Waals surface area contributed by atoms with Crippen LogP contribution in [0.5, 0.6) is 0 Å². The van der Waals surface area contributed by atoms with Crippen LogP contribution in [0, 0.1) is 0 Å². The third-order valence-corrected chi connectivity index (χ3v) is 8.48. The molecule has 1 aliphatic carbocycles. The molecule has 0 unspecified atom stereocenters. The zero-order chi connectivity index (χ0) is 18.1. The van der Waals surface area contributed by atoms with E-state index in [0.717, 1.165) is 6.26 Å². The normalized spacial score (nSPS) is 22.1. The molecule has 2 aliphatic rings. The molecule has 6 nitrogen and oxygen atoms in total. The summed E-state index contributed by atoms with van der Waals surface area (Å²) in [6, 6.07) is 7.27. The molecule has 0 radical (unpaired) electrons. The van der Waals surface area contributed by atoms with Gasteiger partial charge in [-0.15, -0.1) is 0 Å².